The Hall–Kier alpha value is -2.57. The highest BCUT2D eigenvalue weighted by Crippen LogP contribution is 2.07. The molecule has 6 nitrogen and oxygen atoms in total. The van der Waals surface area contributed by atoms with Gasteiger partial charge >= 0.3 is 0 Å². The van der Waals surface area contributed by atoms with Crippen LogP contribution in [0.4, 0.5) is 4.39 Å². The first-order valence-corrected chi connectivity index (χ1v) is 6.95. The van der Waals surface area contributed by atoms with Crippen LogP contribution in [-0.4, -0.2) is 32.5 Å². The minimum atomic E-state index is -0.392. The van der Waals surface area contributed by atoms with Crippen LogP contribution in [0.5, 0.6) is 0 Å². The second kappa shape index (κ2) is 7.44. The van der Waals surface area contributed by atoms with Gasteiger partial charge in [-0.3, -0.25) is 14.3 Å². The highest BCUT2D eigenvalue weighted by molar-refractivity contribution is 5.97. The number of amides is 1. The molecule has 0 aliphatic carbocycles. The molecule has 1 heterocycles. The lowest BCUT2D eigenvalue weighted by Gasteiger charge is -2.13. The molecule has 2 rings (SSSR count). The zero-order valence-corrected chi connectivity index (χ0v) is 12.2. The van der Waals surface area contributed by atoms with E-state index in [1.807, 2.05) is 6.92 Å². The van der Waals surface area contributed by atoms with Crippen LogP contribution in [0.1, 0.15) is 30.1 Å². The molecule has 1 N–H and O–H groups in total. The van der Waals surface area contributed by atoms with E-state index in [-0.39, 0.29) is 30.6 Å². The van der Waals surface area contributed by atoms with E-state index in [0.29, 0.717) is 12.1 Å². The summed E-state index contributed by atoms with van der Waals surface area (Å²) in [5.74, 6) is -0.779. The van der Waals surface area contributed by atoms with Crippen LogP contribution in [-0.2, 0) is 11.3 Å². The average molecular weight is 304 g/mol. The molecule has 0 saturated carbocycles. The zero-order valence-electron chi connectivity index (χ0n) is 12.2. The van der Waals surface area contributed by atoms with Crippen molar-refractivity contribution in [3.05, 3.63) is 48.3 Å². The molecule has 0 saturated heterocycles. The summed E-state index contributed by atoms with van der Waals surface area (Å²) in [6.07, 6.45) is 3.18. The van der Waals surface area contributed by atoms with Crippen molar-refractivity contribution in [2.75, 3.05) is 0 Å². The van der Waals surface area contributed by atoms with Crippen LogP contribution < -0.4 is 5.32 Å². The summed E-state index contributed by atoms with van der Waals surface area (Å²) >= 11 is 0. The molecule has 116 valence electrons. The summed E-state index contributed by atoms with van der Waals surface area (Å²) in [6, 6.07) is 5.18. The molecule has 1 aromatic heterocycles. The van der Waals surface area contributed by atoms with Crippen molar-refractivity contribution < 1.29 is 14.0 Å². The topological polar surface area (TPSA) is 76.9 Å². The molecule has 0 aliphatic rings. The smallest absolute Gasteiger partial charge is 0.220 e. The Kier molecular flexibility index (Phi) is 5.35. The monoisotopic (exact) mass is 304 g/mol. The van der Waals surface area contributed by atoms with E-state index >= 15 is 0 Å². The normalized spacial score (nSPS) is 11.9. The molecule has 2 aromatic rings. The fourth-order valence-corrected chi connectivity index (χ4v) is 2.01. The summed E-state index contributed by atoms with van der Waals surface area (Å²) < 4.78 is 14.4. The Balaban J connectivity index is 1.75. The first-order valence-electron chi connectivity index (χ1n) is 6.95. The van der Waals surface area contributed by atoms with Crippen molar-refractivity contribution in [1.29, 1.82) is 0 Å². The lowest BCUT2D eigenvalue weighted by atomic mass is 10.1. The minimum Gasteiger partial charge on any atom is -0.352 e. The van der Waals surface area contributed by atoms with Gasteiger partial charge in [0, 0.05) is 24.4 Å². The number of aromatic nitrogens is 3. The summed E-state index contributed by atoms with van der Waals surface area (Å²) in [6.45, 7) is 2.36. The van der Waals surface area contributed by atoms with Crippen LogP contribution in [0.15, 0.2) is 36.9 Å². The Morgan fingerprint density at radius 2 is 2.00 bits per heavy atom. The van der Waals surface area contributed by atoms with Gasteiger partial charge in [0.15, 0.2) is 5.78 Å². The second-order valence-corrected chi connectivity index (χ2v) is 5.02. The summed E-state index contributed by atoms with van der Waals surface area (Å²) in [5, 5.41) is 6.75. The van der Waals surface area contributed by atoms with Crippen LogP contribution in [0, 0.1) is 5.82 Å². The highest BCUT2D eigenvalue weighted by Gasteiger charge is 2.12. The van der Waals surface area contributed by atoms with Gasteiger partial charge in [-0.25, -0.2) is 9.37 Å². The molecular weight excluding hydrogens is 287 g/mol. The van der Waals surface area contributed by atoms with E-state index in [2.05, 4.69) is 15.4 Å². The molecule has 1 atom stereocenters. The number of Topliss-reactive ketones (excluding diaryl/α,β-unsaturated/α-hetero) is 1. The Morgan fingerprint density at radius 1 is 1.27 bits per heavy atom. The predicted octanol–water partition coefficient (Wildman–Crippen LogP) is 1.58. The van der Waals surface area contributed by atoms with Gasteiger partial charge in [0.2, 0.25) is 5.91 Å². The molecule has 7 heteroatoms. The van der Waals surface area contributed by atoms with Gasteiger partial charge in [0.25, 0.3) is 0 Å². The Bertz CT molecular complexity index is 626. The first kappa shape index (κ1) is 15.8. The van der Waals surface area contributed by atoms with Crippen LogP contribution in [0.2, 0.25) is 0 Å². The van der Waals surface area contributed by atoms with E-state index < -0.39 is 5.82 Å². The quantitative estimate of drug-likeness (QED) is 0.788. The number of halogens is 1. The molecular formula is C15H17FN4O2. The van der Waals surface area contributed by atoms with Gasteiger partial charge in [-0.15, -0.1) is 0 Å². The average Bonchev–Trinajstić information content (AvgIpc) is 2.98. The van der Waals surface area contributed by atoms with Crippen LogP contribution >= 0.6 is 0 Å². The lowest BCUT2D eigenvalue weighted by Crippen LogP contribution is -2.35. The Morgan fingerprint density at radius 3 is 2.64 bits per heavy atom. The molecule has 0 radical (unpaired) electrons. The number of hydrogen-bond donors (Lipinski definition) is 1. The van der Waals surface area contributed by atoms with E-state index in [0.717, 1.165) is 0 Å². The highest BCUT2D eigenvalue weighted by atomic mass is 19.1. The van der Waals surface area contributed by atoms with Crippen LogP contribution in [0.3, 0.4) is 0 Å². The van der Waals surface area contributed by atoms with E-state index in [1.54, 1.807) is 11.0 Å². The predicted molar refractivity (Wildman–Crippen MR) is 77.6 cm³/mol. The van der Waals surface area contributed by atoms with E-state index in [4.69, 9.17) is 0 Å². The number of carbonyl (C=O) groups is 2. The number of carbonyl (C=O) groups excluding carboxylic acids is 2. The molecule has 1 unspecified atom stereocenters. The SMILES string of the molecule is CC(Cn1cncn1)NC(=O)CCC(=O)c1ccc(F)cc1. The molecule has 1 aromatic carbocycles. The number of hydrogen-bond acceptors (Lipinski definition) is 4. The standard InChI is InChI=1S/C15H17FN4O2/c1-11(8-20-10-17-9-18-20)19-15(22)7-6-14(21)12-2-4-13(16)5-3-12/h2-5,9-11H,6-8H2,1H3,(H,19,22). The minimum absolute atomic E-state index is 0.0908. The van der Waals surface area contributed by atoms with Crippen molar-refractivity contribution in [2.45, 2.75) is 32.4 Å². The van der Waals surface area contributed by atoms with Crippen molar-refractivity contribution in [1.82, 2.24) is 20.1 Å². The van der Waals surface area contributed by atoms with Gasteiger partial charge < -0.3 is 5.32 Å². The summed E-state index contributed by atoms with van der Waals surface area (Å²) in [7, 11) is 0. The maximum absolute atomic E-state index is 12.8. The van der Waals surface area contributed by atoms with Crippen molar-refractivity contribution in [2.24, 2.45) is 0 Å². The third kappa shape index (κ3) is 4.76. The molecule has 1 amide bonds. The van der Waals surface area contributed by atoms with Crippen molar-refractivity contribution in [3.8, 4) is 0 Å². The number of rotatable bonds is 7. The largest absolute Gasteiger partial charge is 0.352 e. The lowest BCUT2D eigenvalue weighted by molar-refractivity contribution is -0.121. The van der Waals surface area contributed by atoms with Crippen molar-refractivity contribution >= 4 is 11.7 Å². The van der Waals surface area contributed by atoms with Crippen LogP contribution in [0.25, 0.3) is 0 Å². The number of nitrogens with zero attached hydrogens (tertiary/aromatic N) is 3. The van der Waals surface area contributed by atoms with E-state index in [1.165, 1.54) is 30.6 Å². The summed E-state index contributed by atoms with van der Waals surface area (Å²) in [4.78, 5) is 27.5. The number of benzene rings is 1. The molecule has 0 spiro atoms. The molecule has 0 aliphatic heterocycles. The van der Waals surface area contributed by atoms with Gasteiger partial charge in [0.05, 0.1) is 6.54 Å². The van der Waals surface area contributed by atoms with Gasteiger partial charge in [-0.1, -0.05) is 0 Å². The van der Waals surface area contributed by atoms with Gasteiger partial charge in [-0.2, -0.15) is 5.10 Å². The summed E-state index contributed by atoms with van der Waals surface area (Å²) in [5.41, 5.74) is 0.407. The third-order valence-corrected chi connectivity index (χ3v) is 3.08. The fourth-order valence-electron chi connectivity index (χ4n) is 2.01. The Labute approximate surface area is 127 Å². The third-order valence-electron chi connectivity index (χ3n) is 3.08. The first-order chi connectivity index (χ1) is 10.5. The van der Waals surface area contributed by atoms with Gasteiger partial charge in [-0.05, 0) is 31.2 Å². The number of nitrogens with one attached hydrogen (secondary N) is 1. The zero-order chi connectivity index (χ0) is 15.9. The second-order valence-electron chi connectivity index (χ2n) is 5.02. The number of ketones is 1. The molecule has 22 heavy (non-hydrogen) atoms. The van der Waals surface area contributed by atoms with E-state index in [9.17, 15) is 14.0 Å². The maximum Gasteiger partial charge on any atom is 0.220 e. The van der Waals surface area contributed by atoms with Gasteiger partial charge in [0.1, 0.15) is 18.5 Å². The van der Waals surface area contributed by atoms with Crippen molar-refractivity contribution in [3.63, 3.8) is 0 Å². The fraction of sp³-hybridized carbons (Fsp3) is 0.333. The maximum atomic E-state index is 12.8. The molecule has 0 fully saturated rings. The molecule has 0 bridgehead atoms.